The van der Waals surface area contributed by atoms with Crippen molar-refractivity contribution in [1.82, 2.24) is 5.32 Å². The van der Waals surface area contributed by atoms with Gasteiger partial charge in [-0.3, -0.25) is 0 Å². The van der Waals surface area contributed by atoms with Crippen LogP contribution in [0.3, 0.4) is 0 Å². The zero-order valence-electron chi connectivity index (χ0n) is 14.4. The second-order valence-corrected chi connectivity index (χ2v) is 8.40. The Morgan fingerprint density at radius 3 is 2.73 bits per heavy atom. The maximum Gasteiger partial charge on any atom is 0.0897 e. The number of hydrogen-bond acceptors (Lipinski definition) is 4. The second kappa shape index (κ2) is 6.39. The van der Waals surface area contributed by atoms with Crippen molar-refractivity contribution < 1.29 is 14.6 Å². The normalized spacial score (nSPS) is 41.2. The fraction of sp³-hybridized carbons (Fsp3) is 1.00. The third-order valence-electron chi connectivity index (χ3n) is 7.03. The number of rotatable bonds is 7. The van der Waals surface area contributed by atoms with E-state index in [1.807, 2.05) is 0 Å². The van der Waals surface area contributed by atoms with Gasteiger partial charge in [-0.2, -0.15) is 0 Å². The van der Waals surface area contributed by atoms with Gasteiger partial charge in [0, 0.05) is 19.2 Å². The molecule has 4 heteroatoms. The molecule has 0 radical (unpaired) electrons. The average molecular weight is 311 g/mol. The van der Waals surface area contributed by atoms with Crippen LogP contribution in [0, 0.1) is 16.7 Å². The molecule has 1 saturated heterocycles. The number of nitrogens with one attached hydrogen (secondary N) is 1. The molecule has 1 heterocycles. The largest absolute Gasteiger partial charge is 0.389 e. The summed E-state index contributed by atoms with van der Waals surface area (Å²) in [6.07, 6.45) is 5.98. The minimum absolute atomic E-state index is 0.241. The molecule has 0 unspecified atom stereocenters. The van der Waals surface area contributed by atoms with Gasteiger partial charge in [0.1, 0.15) is 0 Å². The van der Waals surface area contributed by atoms with Gasteiger partial charge in [-0.25, -0.2) is 0 Å². The van der Waals surface area contributed by atoms with Crippen LogP contribution in [0.5, 0.6) is 0 Å². The van der Waals surface area contributed by atoms with Crippen LogP contribution in [-0.2, 0) is 9.47 Å². The number of aliphatic hydroxyl groups excluding tert-OH is 1. The van der Waals surface area contributed by atoms with E-state index >= 15 is 0 Å². The number of fused-ring (bicyclic) bond motifs is 2. The van der Waals surface area contributed by atoms with Crippen LogP contribution in [0.1, 0.15) is 52.9 Å². The first-order chi connectivity index (χ1) is 10.4. The minimum atomic E-state index is -0.424. The van der Waals surface area contributed by atoms with E-state index in [1.165, 1.54) is 19.3 Å². The van der Waals surface area contributed by atoms with Gasteiger partial charge in [-0.05, 0) is 48.9 Å². The van der Waals surface area contributed by atoms with E-state index in [0.29, 0.717) is 36.6 Å². The highest BCUT2D eigenvalue weighted by atomic mass is 16.5. The number of ether oxygens (including phenoxy) is 2. The maximum absolute atomic E-state index is 10.1. The van der Waals surface area contributed by atoms with E-state index in [-0.39, 0.29) is 6.10 Å². The van der Waals surface area contributed by atoms with Crippen molar-refractivity contribution in [3.8, 4) is 0 Å². The van der Waals surface area contributed by atoms with Crippen LogP contribution in [0.25, 0.3) is 0 Å². The predicted molar refractivity (Wildman–Crippen MR) is 86.8 cm³/mol. The smallest absolute Gasteiger partial charge is 0.0897 e. The highest BCUT2D eigenvalue weighted by molar-refractivity contribution is 5.13. The molecule has 2 bridgehead atoms. The number of aliphatic hydroxyl groups is 1. The SMILES string of the molecule is CC1(C)[C@H]2CC[C@@]1(C)[C@H](NC[C@H](O)COC[C@H]1CCCO1)C2. The molecule has 2 aliphatic carbocycles. The summed E-state index contributed by atoms with van der Waals surface area (Å²) in [6.45, 7) is 9.79. The molecule has 5 atom stereocenters. The molecule has 22 heavy (non-hydrogen) atoms. The Kier molecular flexibility index (Phi) is 4.84. The van der Waals surface area contributed by atoms with Crippen molar-refractivity contribution in [2.45, 2.75) is 71.1 Å². The monoisotopic (exact) mass is 311 g/mol. The maximum atomic E-state index is 10.1. The van der Waals surface area contributed by atoms with Gasteiger partial charge in [-0.15, -0.1) is 0 Å². The standard InChI is InChI=1S/C18H33NO3/c1-17(2)13-6-7-18(17,3)16(9-13)19-10-14(20)11-21-12-15-5-4-8-22-15/h13-16,19-20H,4-12H2,1-3H3/t13-,14-,15+,16+,18-/m0/s1. The van der Waals surface area contributed by atoms with E-state index in [4.69, 9.17) is 9.47 Å². The van der Waals surface area contributed by atoms with Crippen LogP contribution in [0.2, 0.25) is 0 Å². The highest BCUT2D eigenvalue weighted by Gasteiger charge is 2.60. The van der Waals surface area contributed by atoms with E-state index < -0.39 is 6.10 Å². The lowest BCUT2D eigenvalue weighted by Gasteiger charge is -2.40. The van der Waals surface area contributed by atoms with E-state index in [0.717, 1.165) is 25.4 Å². The Morgan fingerprint density at radius 2 is 2.14 bits per heavy atom. The van der Waals surface area contributed by atoms with Crippen molar-refractivity contribution >= 4 is 0 Å². The van der Waals surface area contributed by atoms with Crippen molar-refractivity contribution in [2.24, 2.45) is 16.7 Å². The summed E-state index contributed by atoms with van der Waals surface area (Å²) >= 11 is 0. The Labute approximate surface area is 134 Å². The van der Waals surface area contributed by atoms with Crippen LogP contribution in [0.15, 0.2) is 0 Å². The van der Waals surface area contributed by atoms with Gasteiger partial charge in [-0.1, -0.05) is 20.8 Å². The summed E-state index contributed by atoms with van der Waals surface area (Å²) in [4.78, 5) is 0. The molecule has 1 aliphatic heterocycles. The molecule has 0 spiro atoms. The highest BCUT2D eigenvalue weighted by Crippen LogP contribution is 2.65. The molecule has 0 aromatic rings. The molecule has 2 N–H and O–H groups in total. The Hall–Kier alpha value is -0.160. The van der Waals surface area contributed by atoms with Crippen LogP contribution in [-0.4, -0.2) is 49.7 Å². The van der Waals surface area contributed by atoms with Crippen LogP contribution >= 0.6 is 0 Å². The number of hydrogen-bond donors (Lipinski definition) is 2. The lowest BCUT2D eigenvalue weighted by molar-refractivity contribution is -0.0183. The molecule has 3 fully saturated rings. The van der Waals surface area contributed by atoms with Gasteiger partial charge in [0.15, 0.2) is 0 Å². The molecule has 0 aromatic heterocycles. The van der Waals surface area contributed by atoms with Crippen molar-refractivity contribution in [3.05, 3.63) is 0 Å². The Morgan fingerprint density at radius 1 is 1.32 bits per heavy atom. The zero-order valence-corrected chi connectivity index (χ0v) is 14.4. The first kappa shape index (κ1) is 16.7. The van der Waals surface area contributed by atoms with Crippen molar-refractivity contribution in [1.29, 1.82) is 0 Å². The van der Waals surface area contributed by atoms with Crippen molar-refractivity contribution in [2.75, 3.05) is 26.4 Å². The molecule has 0 amide bonds. The summed E-state index contributed by atoms with van der Waals surface area (Å²) in [7, 11) is 0. The molecular weight excluding hydrogens is 278 g/mol. The molecule has 2 saturated carbocycles. The third kappa shape index (κ3) is 2.95. The first-order valence-electron chi connectivity index (χ1n) is 9.04. The lowest BCUT2D eigenvalue weighted by Crippen LogP contribution is -2.47. The first-order valence-corrected chi connectivity index (χ1v) is 9.04. The molecule has 3 rings (SSSR count). The van der Waals surface area contributed by atoms with Gasteiger partial charge < -0.3 is 19.9 Å². The van der Waals surface area contributed by atoms with Gasteiger partial charge >= 0.3 is 0 Å². The Balaban J connectivity index is 1.37. The Bertz CT molecular complexity index is 381. The van der Waals surface area contributed by atoms with Gasteiger partial charge in [0.25, 0.3) is 0 Å². The zero-order chi connectivity index (χ0) is 15.8. The molecule has 0 aromatic carbocycles. The second-order valence-electron chi connectivity index (χ2n) is 8.40. The van der Waals surface area contributed by atoms with Crippen molar-refractivity contribution in [3.63, 3.8) is 0 Å². The lowest BCUT2D eigenvalue weighted by atomic mass is 9.69. The fourth-order valence-corrected chi connectivity index (χ4v) is 4.96. The third-order valence-corrected chi connectivity index (χ3v) is 7.03. The molecular formula is C18H33NO3. The molecule has 128 valence electrons. The molecule has 4 nitrogen and oxygen atoms in total. The average Bonchev–Trinajstić information content (AvgIpc) is 3.10. The van der Waals surface area contributed by atoms with E-state index in [1.54, 1.807) is 0 Å². The summed E-state index contributed by atoms with van der Waals surface area (Å²) < 4.78 is 11.1. The predicted octanol–water partition coefficient (Wildman–Crippen LogP) is 2.35. The van der Waals surface area contributed by atoms with Crippen LogP contribution < -0.4 is 5.32 Å². The van der Waals surface area contributed by atoms with Gasteiger partial charge in [0.05, 0.1) is 25.4 Å². The topological polar surface area (TPSA) is 50.7 Å². The summed E-state index contributed by atoms with van der Waals surface area (Å²) in [6, 6.07) is 0.536. The summed E-state index contributed by atoms with van der Waals surface area (Å²) in [5.74, 6) is 0.836. The summed E-state index contributed by atoms with van der Waals surface area (Å²) in [5, 5.41) is 13.8. The van der Waals surface area contributed by atoms with Crippen LogP contribution in [0.4, 0.5) is 0 Å². The van der Waals surface area contributed by atoms with E-state index in [2.05, 4.69) is 26.1 Å². The van der Waals surface area contributed by atoms with Gasteiger partial charge in [0.2, 0.25) is 0 Å². The van der Waals surface area contributed by atoms with E-state index in [9.17, 15) is 5.11 Å². The minimum Gasteiger partial charge on any atom is -0.389 e. The molecule has 3 aliphatic rings. The fourth-order valence-electron chi connectivity index (χ4n) is 4.96. The quantitative estimate of drug-likeness (QED) is 0.758. The summed E-state index contributed by atoms with van der Waals surface area (Å²) in [5.41, 5.74) is 0.794.